The summed E-state index contributed by atoms with van der Waals surface area (Å²) in [6.07, 6.45) is 5.31. The summed E-state index contributed by atoms with van der Waals surface area (Å²) in [6, 6.07) is 3.49. The lowest BCUT2D eigenvalue weighted by molar-refractivity contribution is 0.538. The van der Waals surface area contributed by atoms with Gasteiger partial charge in [-0.25, -0.2) is 19.3 Å². The molecule has 24 heavy (non-hydrogen) atoms. The second-order valence-corrected chi connectivity index (χ2v) is 6.34. The molecule has 1 aliphatic rings. The molecule has 2 aromatic heterocycles. The summed E-state index contributed by atoms with van der Waals surface area (Å²) >= 11 is 0. The predicted molar refractivity (Wildman–Crippen MR) is 94.0 cm³/mol. The van der Waals surface area contributed by atoms with E-state index in [1.165, 1.54) is 17.8 Å². The zero-order valence-corrected chi connectivity index (χ0v) is 14.5. The van der Waals surface area contributed by atoms with Crippen LogP contribution in [0.25, 0.3) is 0 Å². The summed E-state index contributed by atoms with van der Waals surface area (Å²) < 4.78 is 13.1. The number of rotatable bonds is 4. The molecule has 3 rings (SSSR count). The van der Waals surface area contributed by atoms with E-state index in [-0.39, 0.29) is 11.9 Å². The van der Waals surface area contributed by atoms with Gasteiger partial charge >= 0.3 is 0 Å². The number of piperazine rings is 1. The fraction of sp³-hybridized carbons (Fsp3) is 0.500. The lowest BCUT2D eigenvalue weighted by Crippen LogP contribution is -2.53. The van der Waals surface area contributed by atoms with Crippen LogP contribution in [0.1, 0.15) is 31.7 Å². The van der Waals surface area contributed by atoms with Crippen molar-refractivity contribution >= 4 is 11.6 Å². The summed E-state index contributed by atoms with van der Waals surface area (Å²) in [5, 5.41) is 0. The monoisotopic (exact) mass is 329 g/mol. The fourth-order valence-electron chi connectivity index (χ4n) is 3.23. The Morgan fingerprint density at radius 1 is 1.21 bits per heavy atom. The molecule has 0 aromatic carbocycles. The molecule has 3 heterocycles. The van der Waals surface area contributed by atoms with Crippen LogP contribution >= 0.6 is 0 Å². The van der Waals surface area contributed by atoms with Crippen LogP contribution in [0.5, 0.6) is 0 Å². The summed E-state index contributed by atoms with van der Waals surface area (Å²) in [5.41, 5.74) is 1.21. The van der Waals surface area contributed by atoms with E-state index in [9.17, 15) is 4.39 Å². The molecule has 0 radical (unpaired) electrons. The van der Waals surface area contributed by atoms with Gasteiger partial charge in [0.05, 0.1) is 6.20 Å². The van der Waals surface area contributed by atoms with Crippen LogP contribution in [0, 0.1) is 12.7 Å². The maximum atomic E-state index is 13.1. The van der Waals surface area contributed by atoms with Gasteiger partial charge in [0.25, 0.3) is 0 Å². The van der Waals surface area contributed by atoms with Gasteiger partial charge in [-0.1, -0.05) is 13.3 Å². The first-order valence-corrected chi connectivity index (χ1v) is 8.54. The minimum atomic E-state index is -0.300. The van der Waals surface area contributed by atoms with Crippen LogP contribution in [0.2, 0.25) is 0 Å². The van der Waals surface area contributed by atoms with E-state index in [1.807, 2.05) is 13.1 Å². The molecule has 0 spiro atoms. The maximum absolute atomic E-state index is 13.1. The van der Waals surface area contributed by atoms with Crippen molar-refractivity contribution in [1.82, 2.24) is 15.0 Å². The van der Waals surface area contributed by atoms with Gasteiger partial charge < -0.3 is 9.80 Å². The Kier molecular flexibility index (Phi) is 4.92. The first-order valence-electron chi connectivity index (χ1n) is 8.54. The van der Waals surface area contributed by atoms with Crippen LogP contribution in [0.4, 0.5) is 16.0 Å². The number of halogens is 1. The molecular weight excluding hydrogens is 305 g/mol. The number of aryl methyl sites for hydroxylation is 2. The lowest BCUT2D eigenvalue weighted by Gasteiger charge is -2.41. The molecule has 6 heteroatoms. The Hall–Kier alpha value is -2.24. The molecule has 0 saturated carbocycles. The molecule has 0 amide bonds. The second kappa shape index (κ2) is 7.11. The Bertz CT molecular complexity index is 688. The van der Waals surface area contributed by atoms with Gasteiger partial charge in [-0.3, -0.25) is 0 Å². The highest BCUT2D eigenvalue weighted by atomic mass is 19.1. The molecule has 0 N–H and O–H groups in total. The minimum absolute atomic E-state index is 0.279. The zero-order valence-electron chi connectivity index (χ0n) is 14.5. The van der Waals surface area contributed by atoms with E-state index in [0.717, 1.165) is 49.9 Å². The van der Waals surface area contributed by atoms with Crippen LogP contribution in [0.15, 0.2) is 24.5 Å². The summed E-state index contributed by atoms with van der Waals surface area (Å²) in [4.78, 5) is 17.8. The molecule has 128 valence electrons. The third kappa shape index (κ3) is 3.47. The van der Waals surface area contributed by atoms with Gasteiger partial charge in [0.15, 0.2) is 0 Å². The molecule has 1 fully saturated rings. The van der Waals surface area contributed by atoms with Gasteiger partial charge in [0, 0.05) is 37.4 Å². The third-order valence-electron chi connectivity index (χ3n) is 4.41. The predicted octanol–water partition coefficient (Wildman–Crippen LogP) is 2.99. The topological polar surface area (TPSA) is 45.2 Å². The van der Waals surface area contributed by atoms with Crippen molar-refractivity contribution in [2.24, 2.45) is 0 Å². The van der Waals surface area contributed by atoms with Crippen LogP contribution in [-0.2, 0) is 6.42 Å². The van der Waals surface area contributed by atoms with Gasteiger partial charge in [0.1, 0.15) is 23.3 Å². The maximum Gasteiger partial charge on any atom is 0.141 e. The standard InChI is InChI=1S/C18H24FN5/c1-4-5-15-10-20-14(3)22-18(15)23-8-9-24(13(2)12-23)17-7-6-16(19)11-21-17/h6-7,10-11,13H,4-5,8-9,12H2,1-3H3. The molecule has 5 nitrogen and oxygen atoms in total. The Labute approximate surface area is 142 Å². The van der Waals surface area contributed by atoms with Gasteiger partial charge in [-0.05, 0) is 32.4 Å². The highest BCUT2D eigenvalue weighted by Crippen LogP contribution is 2.24. The molecule has 0 aliphatic carbocycles. The van der Waals surface area contributed by atoms with Crippen molar-refractivity contribution in [1.29, 1.82) is 0 Å². The molecule has 0 bridgehead atoms. The lowest BCUT2D eigenvalue weighted by atomic mass is 10.1. The van der Waals surface area contributed by atoms with Crippen molar-refractivity contribution in [2.75, 3.05) is 29.4 Å². The normalized spacial score (nSPS) is 18.1. The summed E-state index contributed by atoms with van der Waals surface area (Å²) in [5.74, 6) is 2.39. The van der Waals surface area contributed by atoms with Crippen LogP contribution in [0.3, 0.4) is 0 Å². The number of hydrogen-bond acceptors (Lipinski definition) is 5. The SMILES string of the molecule is CCCc1cnc(C)nc1N1CCN(c2ccc(F)cn2)C(C)C1. The summed E-state index contributed by atoms with van der Waals surface area (Å²) in [6.45, 7) is 8.85. The third-order valence-corrected chi connectivity index (χ3v) is 4.41. The van der Waals surface area contributed by atoms with E-state index in [4.69, 9.17) is 4.98 Å². The first-order chi connectivity index (χ1) is 11.6. The van der Waals surface area contributed by atoms with Gasteiger partial charge in [-0.2, -0.15) is 0 Å². The molecule has 2 aromatic rings. The second-order valence-electron chi connectivity index (χ2n) is 6.34. The molecule has 1 unspecified atom stereocenters. The number of nitrogens with zero attached hydrogens (tertiary/aromatic N) is 5. The van der Waals surface area contributed by atoms with Crippen molar-refractivity contribution in [2.45, 2.75) is 39.7 Å². The quantitative estimate of drug-likeness (QED) is 0.863. The van der Waals surface area contributed by atoms with Crippen molar-refractivity contribution in [3.63, 3.8) is 0 Å². The Morgan fingerprint density at radius 3 is 2.71 bits per heavy atom. The summed E-state index contributed by atoms with van der Waals surface area (Å²) in [7, 11) is 0. The van der Waals surface area contributed by atoms with Crippen molar-refractivity contribution in [3.8, 4) is 0 Å². The van der Waals surface area contributed by atoms with Crippen LogP contribution < -0.4 is 9.80 Å². The van der Waals surface area contributed by atoms with E-state index in [1.54, 1.807) is 6.07 Å². The number of pyridine rings is 1. The van der Waals surface area contributed by atoms with Gasteiger partial charge in [0.2, 0.25) is 0 Å². The largest absolute Gasteiger partial charge is 0.352 e. The Balaban J connectivity index is 1.78. The highest BCUT2D eigenvalue weighted by Gasteiger charge is 2.26. The van der Waals surface area contributed by atoms with Gasteiger partial charge in [-0.15, -0.1) is 0 Å². The van der Waals surface area contributed by atoms with Crippen LogP contribution in [-0.4, -0.2) is 40.6 Å². The van der Waals surface area contributed by atoms with E-state index < -0.39 is 0 Å². The van der Waals surface area contributed by atoms with E-state index in [0.29, 0.717) is 0 Å². The number of aromatic nitrogens is 3. The Morgan fingerprint density at radius 2 is 2.04 bits per heavy atom. The molecule has 1 atom stereocenters. The minimum Gasteiger partial charge on any atom is -0.352 e. The zero-order chi connectivity index (χ0) is 17.1. The number of anilines is 2. The molecule has 1 saturated heterocycles. The smallest absolute Gasteiger partial charge is 0.141 e. The molecule has 1 aliphatic heterocycles. The van der Waals surface area contributed by atoms with E-state index >= 15 is 0 Å². The fourth-order valence-corrected chi connectivity index (χ4v) is 3.23. The average molecular weight is 329 g/mol. The highest BCUT2D eigenvalue weighted by molar-refractivity contribution is 5.50. The van der Waals surface area contributed by atoms with Crippen molar-refractivity contribution in [3.05, 3.63) is 41.7 Å². The van der Waals surface area contributed by atoms with Crippen molar-refractivity contribution < 1.29 is 4.39 Å². The first kappa shape index (κ1) is 16.6. The average Bonchev–Trinajstić information content (AvgIpc) is 2.57. The molecular formula is C18H24FN5. The number of hydrogen-bond donors (Lipinski definition) is 0. The van der Waals surface area contributed by atoms with E-state index in [2.05, 4.69) is 33.6 Å².